The van der Waals surface area contributed by atoms with E-state index < -0.39 is 0 Å². The van der Waals surface area contributed by atoms with Gasteiger partial charge in [0.05, 0.1) is 5.92 Å². The van der Waals surface area contributed by atoms with Crippen LogP contribution in [0.3, 0.4) is 0 Å². The zero-order chi connectivity index (χ0) is 14.4. The van der Waals surface area contributed by atoms with Gasteiger partial charge in [-0.1, -0.05) is 60.7 Å². The van der Waals surface area contributed by atoms with Crippen molar-refractivity contribution in [3.8, 4) is 0 Å². The quantitative estimate of drug-likeness (QED) is 0.590. The molecule has 2 aromatic rings. The Bertz CT molecular complexity index is 573. The molecule has 0 N–H and O–H groups in total. The van der Waals surface area contributed by atoms with Crippen LogP contribution in [0.25, 0.3) is 0 Å². The molecule has 20 heavy (non-hydrogen) atoms. The van der Waals surface area contributed by atoms with Gasteiger partial charge >= 0.3 is 0 Å². The van der Waals surface area contributed by atoms with Crippen molar-refractivity contribution in [1.29, 1.82) is 0 Å². The zero-order valence-corrected chi connectivity index (χ0v) is 11.9. The minimum absolute atomic E-state index is 0.0844. The summed E-state index contributed by atoms with van der Waals surface area (Å²) >= 11 is 0. The molecule has 2 heteroatoms. The molecular formula is C18H19NO. The molecule has 0 radical (unpaired) electrons. The van der Waals surface area contributed by atoms with Crippen LogP contribution < -0.4 is 0 Å². The summed E-state index contributed by atoms with van der Waals surface area (Å²) in [6.45, 7) is 4.01. The van der Waals surface area contributed by atoms with Crippen LogP contribution in [0.15, 0.2) is 65.7 Å². The number of hydrogen-bond donors (Lipinski definition) is 0. The number of rotatable bonds is 5. The minimum Gasteiger partial charge on any atom is -0.294 e. The molecule has 2 rings (SSSR count). The third-order valence-electron chi connectivity index (χ3n) is 3.03. The molecule has 0 aliphatic rings. The second-order valence-corrected chi connectivity index (χ2v) is 5.01. The van der Waals surface area contributed by atoms with Crippen LogP contribution in [-0.2, 0) is 0 Å². The third kappa shape index (κ3) is 3.64. The predicted octanol–water partition coefficient (Wildman–Crippen LogP) is 4.13. The topological polar surface area (TPSA) is 29.4 Å². The Hall–Kier alpha value is -2.22. The Morgan fingerprint density at radius 3 is 2.05 bits per heavy atom. The minimum atomic E-state index is -0.319. The lowest BCUT2D eigenvalue weighted by atomic mass is 9.91. The van der Waals surface area contributed by atoms with Crippen molar-refractivity contribution in [2.45, 2.75) is 25.8 Å². The number of benzene rings is 2. The second-order valence-electron chi connectivity index (χ2n) is 5.01. The maximum absolute atomic E-state index is 12.7. The van der Waals surface area contributed by atoms with Crippen molar-refractivity contribution in [3.05, 3.63) is 71.8 Å². The fraction of sp³-hybridized carbons (Fsp3) is 0.222. The highest BCUT2D eigenvalue weighted by molar-refractivity contribution is 6.10. The van der Waals surface area contributed by atoms with E-state index in [1.54, 1.807) is 6.21 Å². The molecule has 0 spiro atoms. The molecule has 0 saturated heterocycles. The van der Waals surface area contributed by atoms with Gasteiger partial charge in [0.1, 0.15) is 0 Å². The molecule has 2 aromatic carbocycles. The largest absolute Gasteiger partial charge is 0.294 e. The van der Waals surface area contributed by atoms with Gasteiger partial charge in [-0.05, 0) is 19.4 Å². The van der Waals surface area contributed by atoms with Crippen molar-refractivity contribution in [1.82, 2.24) is 0 Å². The summed E-state index contributed by atoms with van der Waals surface area (Å²) in [6.07, 6.45) is 1.77. The second kappa shape index (κ2) is 6.80. The highest BCUT2D eigenvalue weighted by atomic mass is 16.1. The van der Waals surface area contributed by atoms with Crippen molar-refractivity contribution in [2.75, 3.05) is 0 Å². The van der Waals surface area contributed by atoms with Crippen LogP contribution in [0.1, 0.15) is 35.7 Å². The number of hydrogen-bond acceptors (Lipinski definition) is 2. The fourth-order valence-electron chi connectivity index (χ4n) is 2.01. The van der Waals surface area contributed by atoms with Crippen LogP contribution >= 0.6 is 0 Å². The van der Waals surface area contributed by atoms with Crippen LogP contribution in [0.2, 0.25) is 0 Å². The van der Waals surface area contributed by atoms with Gasteiger partial charge in [0.2, 0.25) is 0 Å². The average molecular weight is 265 g/mol. The van der Waals surface area contributed by atoms with Gasteiger partial charge in [-0.2, -0.15) is 0 Å². The van der Waals surface area contributed by atoms with Crippen molar-refractivity contribution >= 4 is 12.0 Å². The van der Waals surface area contributed by atoms with Gasteiger partial charge in [0, 0.05) is 17.8 Å². The van der Waals surface area contributed by atoms with Crippen molar-refractivity contribution < 1.29 is 4.79 Å². The monoisotopic (exact) mass is 265 g/mol. The summed E-state index contributed by atoms with van der Waals surface area (Å²) in [5, 5.41) is 0. The molecular weight excluding hydrogens is 246 g/mol. The summed E-state index contributed by atoms with van der Waals surface area (Å²) < 4.78 is 0. The van der Waals surface area contributed by atoms with Crippen LogP contribution in [-0.4, -0.2) is 18.0 Å². The van der Waals surface area contributed by atoms with Gasteiger partial charge < -0.3 is 0 Å². The number of nitrogens with zero attached hydrogens (tertiary/aromatic N) is 1. The normalized spacial score (nSPS) is 12.8. The summed E-state index contributed by atoms with van der Waals surface area (Å²) in [5.74, 6) is -0.234. The fourth-order valence-corrected chi connectivity index (χ4v) is 2.01. The SMILES string of the molecule is CC(C)N=CC(C(=O)c1ccccc1)c1ccccc1. The average Bonchev–Trinajstić information content (AvgIpc) is 2.49. The summed E-state index contributed by atoms with van der Waals surface area (Å²) in [6, 6.07) is 19.4. The van der Waals surface area contributed by atoms with E-state index in [4.69, 9.17) is 0 Å². The molecule has 0 amide bonds. The van der Waals surface area contributed by atoms with Gasteiger partial charge in [-0.3, -0.25) is 9.79 Å². The van der Waals surface area contributed by atoms with E-state index in [1.165, 1.54) is 0 Å². The lowest BCUT2D eigenvalue weighted by Gasteiger charge is -2.12. The van der Waals surface area contributed by atoms with Crippen LogP contribution in [0, 0.1) is 0 Å². The molecule has 0 fully saturated rings. The molecule has 1 atom stereocenters. The summed E-state index contributed by atoms with van der Waals surface area (Å²) in [7, 11) is 0. The van der Waals surface area contributed by atoms with E-state index in [0.717, 1.165) is 11.1 Å². The van der Waals surface area contributed by atoms with Gasteiger partial charge in [0.15, 0.2) is 5.78 Å². The number of ketones is 1. The Kier molecular flexibility index (Phi) is 4.83. The maximum atomic E-state index is 12.7. The summed E-state index contributed by atoms with van der Waals surface area (Å²) in [4.78, 5) is 17.1. The van der Waals surface area contributed by atoms with E-state index in [9.17, 15) is 4.79 Å². The highest BCUT2D eigenvalue weighted by Gasteiger charge is 2.19. The molecule has 0 aromatic heterocycles. The molecule has 0 heterocycles. The molecule has 0 aliphatic carbocycles. The number of carbonyl (C=O) groups is 1. The Balaban J connectivity index is 2.34. The standard InChI is InChI=1S/C18H19NO/c1-14(2)19-13-17(15-9-5-3-6-10-15)18(20)16-11-7-4-8-12-16/h3-14,17H,1-2H3. The van der Waals surface area contributed by atoms with Crippen LogP contribution in [0.5, 0.6) is 0 Å². The van der Waals surface area contributed by atoms with Crippen molar-refractivity contribution in [2.24, 2.45) is 4.99 Å². The smallest absolute Gasteiger partial charge is 0.175 e. The maximum Gasteiger partial charge on any atom is 0.175 e. The van der Waals surface area contributed by atoms with Crippen LogP contribution in [0.4, 0.5) is 0 Å². The van der Waals surface area contributed by atoms with E-state index >= 15 is 0 Å². The number of Topliss-reactive ketones (excluding diaryl/α,β-unsaturated/α-hetero) is 1. The summed E-state index contributed by atoms with van der Waals surface area (Å²) in [5.41, 5.74) is 1.70. The number of aliphatic imine (C=N–C) groups is 1. The molecule has 102 valence electrons. The Labute approximate surface area is 120 Å². The predicted molar refractivity (Wildman–Crippen MR) is 83.6 cm³/mol. The van der Waals surface area contributed by atoms with Gasteiger partial charge in [-0.25, -0.2) is 0 Å². The lowest BCUT2D eigenvalue weighted by molar-refractivity contribution is 0.0984. The first-order valence-corrected chi connectivity index (χ1v) is 6.86. The molecule has 1 unspecified atom stereocenters. The molecule has 0 aliphatic heterocycles. The first-order chi connectivity index (χ1) is 9.68. The Morgan fingerprint density at radius 1 is 0.950 bits per heavy atom. The Morgan fingerprint density at radius 2 is 1.50 bits per heavy atom. The van der Waals surface area contributed by atoms with Gasteiger partial charge in [0.25, 0.3) is 0 Å². The lowest BCUT2D eigenvalue weighted by Crippen LogP contribution is -2.15. The zero-order valence-electron chi connectivity index (χ0n) is 11.9. The molecule has 0 saturated carbocycles. The van der Waals surface area contributed by atoms with E-state index in [1.807, 2.05) is 74.5 Å². The van der Waals surface area contributed by atoms with E-state index in [-0.39, 0.29) is 17.7 Å². The first-order valence-electron chi connectivity index (χ1n) is 6.86. The highest BCUT2D eigenvalue weighted by Crippen LogP contribution is 2.19. The van der Waals surface area contributed by atoms with E-state index in [2.05, 4.69) is 4.99 Å². The number of carbonyl (C=O) groups excluding carboxylic acids is 1. The molecule has 0 bridgehead atoms. The molecule has 2 nitrogen and oxygen atoms in total. The van der Waals surface area contributed by atoms with Crippen molar-refractivity contribution in [3.63, 3.8) is 0 Å². The van der Waals surface area contributed by atoms with E-state index in [0.29, 0.717) is 0 Å². The third-order valence-corrected chi connectivity index (χ3v) is 3.03. The first kappa shape index (κ1) is 14.2. The van der Waals surface area contributed by atoms with Gasteiger partial charge in [-0.15, -0.1) is 0 Å².